The van der Waals surface area contributed by atoms with E-state index in [1.807, 2.05) is 13.8 Å². The van der Waals surface area contributed by atoms with Crippen LogP contribution in [0, 0.1) is 5.92 Å². The van der Waals surface area contributed by atoms with Gasteiger partial charge in [-0.2, -0.15) is 0 Å². The molecule has 19 heavy (non-hydrogen) atoms. The van der Waals surface area contributed by atoms with Crippen LogP contribution >= 0.6 is 0 Å². The Morgan fingerprint density at radius 3 is 2.16 bits per heavy atom. The first kappa shape index (κ1) is 16.5. The Morgan fingerprint density at radius 2 is 1.58 bits per heavy atom. The number of carbonyl (C=O) groups is 1. The lowest BCUT2D eigenvalue weighted by atomic mass is 9.99. The SMILES string of the molecule is CC.CC1CCN(C(=O)CCN2CCCCC2)CC1. The third-order valence-electron chi connectivity index (χ3n) is 4.23. The number of hydrogen-bond donors (Lipinski definition) is 0. The molecule has 0 saturated carbocycles. The van der Waals surface area contributed by atoms with E-state index in [4.69, 9.17) is 0 Å². The van der Waals surface area contributed by atoms with Gasteiger partial charge in [-0.15, -0.1) is 0 Å². The fourth-order valence-electron chi connectivity index (χ4n) is 2.85. The molecule has 0 atom stereocenters. The van der Waals surface area contributed by atoms with E-state index in [-0.39, 0.29) is 0 Å². The molecule has 3 heteroatoms. The molecule has 2 fully saturated rings. The number of nitrogens with zero attached hydrogens (tertiary/aromatic N) is 2. The van der Waals surface area contributed by atoms with Crippen molar-refractivity contribution in [3.63, 3.8) is 0 Å². The molecule has 2 saturated heterocycles. The molecule has 0 aliphatic carbocycles. The molecule has 0 aromatic carbocycles. The van der Waals surface area contributed by atoms with Gasteiger partial charge in [0.2, 0.25) is 5.91 Å². The second-order valence-electron chi connectivity index (χ2n) is 5.72. The van der Waals surface area contributed by atoms with Crippen molar-refractivity contribution in [3.05, 3.63) is 0 Å². The second kappa shape index (κ2) is 9.35. The standard InChI is InChI=1S/C14H26N2O.C2H6/c1-13-5-11-16(12-6-13)14(17)7-10-15-8-3-2-4-9-15;1-2/h13H,2-12H2,1H3;1-2H3. The van der Waals surface area contributed by atoms with Gasteiger partial charge in [-0.3, -0.25) is 4.79 Å². The van der Waals surface area contributed by atoms with Crippen LogP contribution in [0.2, 0.25) is 0 Å². The lowest BCUT2D eigenvalue weighted by Gasteiger charge is -2.32. The van der Waals surface area contributed by atoms with E-state index in [0.717, 1.165) is 32.0 Å². The van der Waals surface area contributed by atoms with Crippen LogP contribution in [0.25, 0.3) is 0 Å². The molecule has 112 valence electrons. The van der Waals surface area contributed by atoms with Gasteiger partial charge in [-0.1, -0.05) is 27.2 Å². The Kier molecular flexibility index (Phi) is 8.11. The topological polar surface area (TPSA) is 23.6 Å². The lowest BCUT2D eigenvalue weighted by molar-refractivity contribution is -0.132. The minimum atomic E-state index is 0.377. The first-order valence-corrected chi connectivity index (χ1v) is 8.26. The number of hydrogen-bond acceptors (Lipinski definition) is 2. The largest absolute Gasteiger partial charge is 0.343 e. The van der Waals surface area contributed by atoms with Crippen molar-refractivity contribution < 1.29 is 4.79 Å². The van der Waals surface area contributed by atoms with Gasteiger partial charge in [-0.25, -0.2) is 0 Å². The zero-order chi connectivity index (χ0) is 14.1. The summed E-state index contributed by atoms with van der Waals surface area (Å²) in [7, 11) is 0. The predicted molar refractivity (Wildman–Crippen MR) is 81.2 cm³/mol. The van der Waals surface area contributed by atoms with E-state index in [2.05, 4.69) is 16.7 Å². The summed E-state index contributed by atoms with van der Waals surface area (Å²) in [5, 5.41) is 0. The highest BCUT2D eigenvalue weighted by Crippen LogP contribution is 2.17. The van der Waals surface area contributed by atoms with Crippen molar-refractivity contribution in [2.45, 2.75) is 59.3 Å². The maximum absolute atomic E-state index is 12.0. The van der Waals surface area contributed by atoms with Crippen LogP contribution in [0.3, 0.4) is 0 Å². The molecule has 0 unspecified atom stereocenters. The first-order chi connectivity index (χ1) is 9.25. The van der Waals surface area contributed by atoms with Gasteiger partial charge in [0.1, 0.15) is 0 Å². The highest BCUT2D eigenvalue weighted by Gasteiger charge is 2.20. The van der Waals surface area contributed by atoms with Crippen molar-refractivity contribution in [1.82, 2.24) is 9.80 Å². The molecule has 0 aromatic heterocycles. The summed E-state index contributed by atoms with van der Waals surface area (Å²) in [6.45, 7) is 11.6. The number of amides is 1. The van der Waals surface area contributed by atoms with E-state index in [0.29, 0.717) is 5.91 Å². The van der Waals surface area contributed by atoms with Crippen molar-refractivity contribution in [2.24, 2.45) is 5.92 Å². The molecule has 2 heterocycles. The fourth-order valence-corrected chi connectivity index (χ4v) is 2.85. The van der Waals surface area contributed by atoms with Gasteiger partial charge in [-0.05, 0) is 44.7 Å². The predicted octanol–water partition coefficient (Wildman–Crippen LogP) is 3.15. The minimum Gasteiger partial charge on any atom is -0.343 e. The Bertz CT molecular complexity index is 241. The van der Waals surface area contributed by atoms with Crippen LogP contribution in [0.4, 0.5) is 0 Å². The van der Waals surface area contributed by atoms with E-state index in [9.17, 15) is 4.79 Å². The summed E-state index contributed by atoms with van der Waals surface area (Å²) in [5.74, 6) is 1.18. The molecule has 2 aliphatic rings. The molecular weight excluding hydrogens is 236 g/mol. The van der Waals surface area contributed by atoms with Gasteiger partial charge in [0.15, 0.2) is 0 Å². The maximum Gasteiger partial charge on any atom is 0.223 e. The highest BCUT2D eigenvalue weighted by molar-refractivity contribution is 5.76. The van der Waals surface area contributed by atoms with Crippen LogP contribution in [0.5, 0.6) is 0 Å². The van der Waals surface area contributed by atoms with Gasteiger partial charge >= 0.3 is 0 Å². The molecule has 1 amide bonds. The van der Waals surface area contributed by atoms with Crippen LogP contribution < -0.4 is 0 Å². The molecule has 0 radical (unpaired) electrons. The van der Waals surface area contributed by atoms with Crippen molar-refractivity contribution >= 4 is 5.91 Å². The molecule has 2 rings (SSSR count). The van der Waals surface area contributed by atoms with Crippen LogP contribution in [-0.4, -0.2) is 48.4 Å². The average Bonchev–Trinajstić information content (AvgIpc) is 2.49. The van der Waals surface area contributed by atoms with Crippen molar-refractivity contribution in [1.29, 1.82) is 0 Å². The van der Waals surface area contributed by atoms with E-state index >= 15 is 0 Å². The Morgan fingerprint density at radius 1 is 1.00 bits per heavy atom. The normalized spacial score (nSPS) is 21.7. The third-order valence-corrected chi connectivity index (χ3v) is 4.23. The molecule has 0 aromatic rings. The quantitative estimate of drug-likeness (QED) is 0.785. The number of likely N-dealkylation sites (tertiary alicyclic amines) is 2. The summed E-state index contributed by atoms with van der Waals surface area (Å²) in [5.41, 5.74) is 0. The van der Waals surface area contributed by atoms with E-state index in [1.54, 1.807) is 0 Å². The Balaban J connectivity index is 0.000000861. The molecule has 0 spiro atoms. The molecule has 3 nitrogen and oxygen atoms in total. The van der Waals surface area contributed by atoms with Gasteiger partial charge in [0, 0.05) is 26.1 Å². The summed E-state index contributed by atoms with van der Waals surface area (Å²) in [6, 6.07) is 0. The summed E-state index contributed by atoms with van der Waals surface area (Å²) in [6.07, 6.45) is 7.11. The van der Waals surface area contributed by atoms with Crippen LogP contribution in [0.15, 0.2) is 0 Å². The molecule has 0 N–H and O–H groups in total. The monoisotopic (exact) mass is 268 g/mol. The number of rotatable bonds is 3. The van der Waals surface area contributed by atoms with Gasteiger partial charge in [0.25, 0.3) is 0 Å². The highest BCUT2D eigenvalue weighted by atomic mass is 16.2. The number of carbonyl (C=O) groups excluding carboxylic acids is 1. The Hall–Kier alpha value is -0.570. The zero-order valence-electron chi connectivity index (χ0n) is 13.2. The summed E-state index contributed by atoms with van der Waals surface area (Å²) >= 11 is 0. The second-order valence-corrected chi connectivity index (χ2v) is 5.72. The third kappa shape index (κ3) is 5.94. The average molecular weight is 268 g/mol. The van der Waals surface area contributed by atoms with Crippen molar-refractivity contribution in [2.75, 3.05) is 32.7 Å². The van der Waals surface area contributed by atoms with E-state index in [1.165, 1.54) is 45.2 Å². The van der Waals surface area contributed by atoms with Gasteiger partial charge in [0.05, 0.1) is 0 Å². The zero-order valence-corrected chi connectivity index (χ0v) is 13.2. The van der Waals surface area contributed by atoms with Crippen LogP contribution in [-0.2, 0) is 4.79 Å². The Labute approximate surface area is 119 Å². The smallest absolute Gasteiger partial charge is 0.223 e. The first-order valence-electron chi connectivity index (χ1n) is 8.26. The van der Waals surface area contributed by atoms with Crippen molar-refractivity contribution in [3.8, 4) is 0 Å². The van der Waals surface area contributed by atoms with Crippen LogP contribution in [0.1, 0.15) is 59.3 Å². The number of piperidine rings is 2. The minimum absolute atomic E-state index is 0.377. The molecule has 2 aliphatic heterocycles. The van der Waals surface area contributed by atoms with E-state index < -0.39 is 0 Å². The lowest BCUT2D eigenvalue weighted by Crippen LogP contribution is -2.40. The maximum atomic E-state index is 12.0. The fraction of sp³-hybridized carbons (Fsp3) is 0.938. The van der Waals surface area contributed by atoms with Gasteiger partial charge < -0.3 is 9.80 Å². The molecule has 0 bridgehead atoms. The summed E-state index contributed by atoms with van der Waals surface area (Å²) in [4.78, 5) is 16.6. The molecular formula is C16H32N2O. The summed E-state index contributed by atoms with van der Waals surface area (Å²) < 4.78 is 0.